The van der Waals surface area contributed by atoms with Crippen LogP contribution in [0.25, 0.3) is 0 Å². The van der Waals surface area contributed by atoms with Crippen molar-refractivity contribution < 1.29 is 0 Å². The number of halogens is 1. The number of nitrogens with one attached hydrogen (secondary N) is 1. The summed E-state index contributed by atoms with van der Waals surface area (Å²) >= 11 is 6.29. The first kappa shape index (κ1) is 12.9. The number of hydrogen-bond donors (Lipinski definition) is 1. The summed E-state index contributed by atoms with van der Waals surface area (Å²) in [6, 6.07) is 9.21. The Morgan fingerprint density at radius 2 is 2.24 bits per heavy atom. The van der Waals surface area contributed by atoms with E-state index in [0.29, 0.717) is 12.1 Å². The van der Waals surface area contributed by atoms with Crippen molar-refractivity contribution in [1.82, 2.24) is 10.2 Å². The summed E-state index contributed by atoms with van der Waals surface area (Å²) in [7, 11) is 0. The number of benzene rings is 1. The smallest absolute Gasteiger partial charge is 0.0453 e. The number of nitrogens with zero attached hydrogens (tertiary/aromatic N) is 1. The van der Waals surface area contributed by atoms with Crippen LogP contribution in [-0.4, -0.2) is 30.6 Å². The zero-order valence-electron chi connectivity index (χ0n) is 10.6. The molecule has 94 valence electrons. The van der Waals surface area contributed by atoms with Gasteiger partial charge in [-0.15, -0.1) is 0 Å². The van der Waals surface area contributed by atoms with Crippen molar-refractivity contribution in [3.63, 3.8) is 0 Å². The van der Waals surface area contributed by atoms with E-state index in [9.17, 15) is 0 Å². The van der Waals surface area contributed by atoms with Gasteiger partial charge in [-0.2, -0.15) is 0 Å². The standard InChI is InChI=1S/C14H21ClN2/c1-3-12-10-16-8-9-17(12)11(2)13-6-4-5-7-14(13)15/h4-7,11-12,16H,3,8-10H2,1-2H3. The Labute approximate surface area is 109 Å². The van der Waals surface area contributed by atoms with Gasteiger partial charge in [-0.1, -0.05) is 36.7 Å². The highest BCUT2D eigenvalue weighted by Gasteiger charge is 2.26. The van der Waals surface area contributed by atoms with Gasteiger partial charge in [0.15, 0.2) is 0 Å². The summed E-state index contributed by atoms with van der Waals surface area (Å²) in [5.74, 6) is 0. The van der Waals surface area contributed by atoms with Crippen LogP contribution in [-0.2, 0) is 0 Å². The first-order valence-corrected chi connectivity index (χ1v) is 6.82. The maximum absolute atomic E-state index is 6.29. The average Bonchev–Trinajstić information content (AvgIpc) is 2.38. The molecule has 1 fully saturated rings. The summed E-state index contributed by atoms with van der Waals surface area (Å²) < 4.78 is 0. The predicted molar refractivity (Wildman–Crippen MR) is 73.5 cm³/mol. The van der Waals surface area contributed by atoms with Crippen molar-refractivity contribution in [3.05, 3.63) is 34.9 Å². The van der Waals surface area contributed by atoms with Crippen LogP contribution in [0.1, 0.15) is 31.9 Å². The molecule has 0 radical (unpaired) electrons. The average molecular weight is 253 g/mol. The lowest BCUT2D eigenvalue weighted by atomic mass is 10.0. The SMILES string of the molecule is CCC1CNCCN1C(C)c1ccccc1Cl. The summed E-state index contributed by atoms with van der Waals surface area (Å²) in [6.07, 6.45) is 1.18. The van der Waals surface area contributed by atoms with Gasteiger partial charge >= 0.3 is 0 Å². The molecule has 1 aliphatic heterocycles. The molecule has 1 aliphatic rings. The maximum atomic E-state index is 6.29. The topological polar surface area (TPSA) is 15.3 Å². The third-order valence-electron chi connectivity index (χ3n) is 3.72. The second-order valence-corrected chi connectivity index (χ2v) is 5.11. The lowest BCUT2D eigenvalue weighted by molar-refractivity contribution is 0.112. The summed E-state index contributed by atoms with van der Waals surface area (Å²) in [4.78, 5) is 2.57. The zero-order chi connectivity index (χ0) is 12.3. The van der Waals surface area contributed by atoms with Crippen molar-refractivity contribution >= 4 is 11.6 Å². The second kappa shape index (κ2) is 5.85. The van der Waals surface area contributed by atoms with Gasteiger partial charge in [0, 0.05) is 36.7 Å². The quantitative estimate of drug-likeness (QED) is 0.890. The van der Waals surface area contributed by atoms with Crippen LogP contribution in [0.15, 0.2) is 24.3 Å². The predicted octanol–water partition coefficient (Wildman–Crippen LogP) is 3.08. The van der Waals surface area contributed by atoms with Gasteiger partial charge < -0.3 is 5.32 Å². The molecular weight excluding hydrogens is 232 g/mol. The van der Waals surface area contributed by atoms with E-state index in [1.807, 2.05) is 12.1 Å². The van der Waals surface area contributed by atoms with Crippen LogP contribution in [0.3, 0.4) is 0 Å². The molecule has 2 rings (SSSR count). The molecule has 0 bridgehead atoms. The molecule has 0 aromatic heterocycles. The van der Waals surface area contributed by atoms with E-state index in [0.717, 1.165) is 24.7 Å². The second-order valence-electron chi connectivity index (χ2n) is 4.70. The van der Waals surface area contributed by atoms with Gasteiger partial charge in [0.25, 0.3) is 0 Å². The number of rotatable bonds is 3. The molecule has 1 heterocycles. The van der Waals surface area contributed by atoms with E-state index in [2.05, 4.69) is 36.2 Å². The third kappa shape index (κ3) is 2.82. The van der Waals surface area contributed by atoms with Crippen molar-refractivity contribution in [2.45, 2.75) is 32.4 Å². The van der Waals surface area contributed by atoms with Crippen LogP contribution in [0, 0.1) is 0 Å². The van der Waals surface area contributed by atoms with Crippen LogP contribution in [0.2, 0.25) is 5.02 Å². The van der Waals surface area contributed by atoms with Crippen LogP contribution in [0.5, 0.6) is 0 Å². The minimum Gasteiger partial charge on any atom is -0.314 e. The van der Waals surface area contributed by atoms with Crippen molar-refractivity contribution in [3.8, 4) is 0 Å². The summed E-state index contributed by atoms with van der Waals surface area (Å²) in [5.41, 5.74) is 1.24. The monoisotopic (exact) mass is 252 g/mol. The fourth-order valence-electron chi connectivity index (χ4n) is 2.66. The van der Waals surface area contributed by atoms with Gasteiger partial charge in [-0.25, -0.2) is 0 Å². The Bertz CT molecular complexity index is 367. The Balaban J connectivity index is 2.18. The van der Waals surface area contributed by atoms with Gasteiger partial charge in [-0.05, 0) is 25.0 Å². The van der Waals surface area contributed by atoms with E-state index in [4.69, 9.17) is 11.6 Å². The Kier molecular flexibility index (Phi) is 4.43. The fourth-order valence-corrected chi connectivity index (χ4v) is 2.95. The van der Waals surface area contributed by atoms with Crippen molar-refractivity contribution in [1.29, 1.82) is 0 Å². The molecule has 1 aromatic carbocycles. The Hall–Kier alpha value is -0.570. The largest absolute Gasteiger partial charge is 0.314 e. The molecule has 0 amide bonds. The minimum atomic E-state index is 0.399. The normalized spacial score (nSPS) is 23.6. The summed E-state index contributed by atoms with van der Waals surface area (Å²) in [6.45, 7) is 7.78. The van der Waals surface area contributed by atoms with Crippen molar-refractivity contribution in [2.75, 3.05) is 19.6 Å². The van der Waals surface area contributed by atoms with Crippen LogP contribution < -0.4 is 5.32 Å². The molecule has 0 spiro atoms. The zero-order valence-corrected chi connectivity index (χ0v) is 11.4. The molecule has 17 heavy (non-hydrogen) atoms. The molecule has 1 N–H and O–H groups in total. The fraction of sp³-hybridized carbons (Fsp3) is 0.571. The highest BCUT2D eigenvalue weighted by molar-refractivity contribution is 6.31. The highest BCUT2D eigenvalue weighted by Crippen LogP contribution is 2.29. The van der Waals surface area contributed by atoms with E-state index in [1.165, 1.54) is 12.0 Å². The van der Waals surface area contributed by atoms with E-state index in [1.54, 1.807) is 0 Å². The molecule has 2 unspecified atom stereocenters. The van der Waals surface area contributed by atoms with Crippen LogP contribution >= 0.6 is 11.6 Å². The molecule has 2 atom stereocenters. The van der Waals surface area contributed by atoms with E-state index < -0.39 is 0 Å². The molecule has 1 saturated heterocycles. The highest BCUT2D eigenvalue weighted by atomic mass is 35.5. The lowest BCUT2D eigenvalue weighted by Crippen LogP contribution is -2.51. The Morgan fingerprint density at radius 3 is 2.94 bits per heavy atom. The van der Waals surface area contributed by atoms with E-state index >= 15 is 0 Å². The van der Waals surface area contributed by atoms with Gasteiger partial charge in [0.2, 0.25) is 0 Å². The van der Waals surface area contributed by atoms with Gasteiger partial charge in [0.1, 0.15) is 0 Å². The van der Waals surface area contributed by atoms with Gasteiger partial charge in [0.05, 0.1) is 0 Å². The summed E-state index contributed by atoms with van der Waals surface area (Å²) in [5, 5.41) is 4.34. The van der Waals surface area contributed by atoms with Crippen LogP contribution in [0.4, 0.5) is 0 Å². The third-order valence-corrected chi connectivity index (χ3v) is 4.06. The molecule has 0 aliphatic carbocycles. The lowest BCUT2D eigenvalue weighted by Gasteiger charge is -2.40. The number of piperazine rings is 1. The number of hydrogen-bond acceptors (Lipinski definition) is 2. The maximum Gasteiger partial charge on any atom is 0.0453 e. The molecule has 1 aromatic rings. The van der Waals surface area contributed by atoms with Gasteiger partial charge in [-0.3, -0.25) is 4.90 Å². The first-order valence-electron chi connectivity index (χ1n) is 6.45. The molecule has 0 saturated carbocycles. The molecule has 3 heteroatoms. The molecular formula is C14H21ClN2. The van der Waals surface area contributed by atoms with Crippen molar-refractivity contribution in [2.24, 2.45) is 0 Å². The van der Waals surface area contributed by atoms with E-state index in [-0.39, 0.29) is 0 Å². The Morgan fingerprint density at radius 1 is 1.47 bits per heavy atom. The first-order chi connectivity index (χ1) is 8.24. The minimum absolute atomic E-state index is 0.399. The molecule has 2 nitrogen and oxygen atoms in total.